The number of hydrogen-bond acceptors (Lipinski definition) is 3. The maximum Gasteiger partial charge on any atom is 0.337 e. The van der Waals surface area contributed by atoms with Crippen molar-refractivity contribution in [3.8, 4) is 0 Å². The summed E-state index contributed by atoms with van der Waals surface area (Å²) in [6.07, 6.45) is 3.92. The first-order valence-corrected chi connectivity index (χ1v) is 6.43. The predicted molar refractivity (Wildman–Crippen MR) is 77.5 cm³/mol. The van der Waals surface area contributed by atoms with E-state index in [-0.39, 0.29) is 11.3 Å². The number of aromatic amines is 1. The van der Waals surface area contributed by atoms with Crippen LogP contribution < -0.4 is 10.6 Å². The summed E-state index contributed by atoms with van der Waals surface area (Å²) in [6.45, 7) is 2.19. The minimum absolute atomic E-state index is 0.0659. The van der Waals surface area contributed by atoms with Crippen LogP contribution in [0.1, 0.15) is 21.7 Å². The Morgan fingerprint density at radius 2 is 2.19 bits per heavy atom. The summed E-state index contributed by atoms with van der Waals surface area (Å²) >= 11 is 0. The van der Waals surface area contributed by atoms with Crippen LogP contribution in [-0.4, -0.2) is 33.6 Å². The van der Waals surface area contributed by atoms with E-state index in [4.69, 9.17) is 5.11 Å². The Balaban J connectivity index is 1.92. The lowest BCUT2D eigenvalue weighted by Crippen LogP contribution is -2.31. The van der Waals surface area contributed by atoms with Crippen molar-refractivity contribution in [3.05, 3.63) is 47.5 Å². The third kappa shape index (κ3) is 4.07. The molecule has 2 rings (SSSR count). The molecule has 4 N–H and O–H groups in total. The molecule has 0 atom stereocenters. The standard InChI is InChI=1S/C14H16N4O3/c1-9-2-3-11(10(8-9)13(19)20)18-14(21)17-5-4-12-15-6-7-16-12/h2-3,6-8H,4-5H2,1H3,(H,15,16)(H,19,20)(H2,17,18,21). The first kappa shape index (κ1) is 14.6. The number of aromatic nitrogens is 2. The Morgan fingerprint density at radius 1 is 1.38 bits per heavy atom. The number of rotatable bonds is 5. The SMILES string of the molecule is Cc1ccc(NC(=O)NCCc2ncc[nH]2)c(C(=O)O)c1. The number of aromatic carboxylic acids is 1. The number of imidazole rings is 1. The number of carbonyl (C=O) groups excluding carboxylic acids is 1. The van der Waals surface area contributed by atoms with Gasteiger partial charge in [0.05, 0.1) is 11.3 Å². The average Bonchev–Trinajstić information content (AvgIpc) is 2.94. The first-order valence-electron chi connectivity index (χ1n) is 6.43. The number of amides is 2. The summed E-state index contributed by atoms with van der Waals surface area (Å²) in [5.41, 5.74) is 1.15. The molecule has 7 heteroatoms. The number of urea groups is 1. The van der Waals surface area contributed by atoms with Gasteiger partial charge in [0.1, 0.15) is 5.82 Å². The average molecular weight is 288 g/mol. The zero-order valence-corrected chi connectivity index (χ0v) is 11.5. The molecular weight excluding hydrogens is 272 g/mol. The van der Waals surface area contributed by atoms with Gasteiger partial charge in [-0.05, 0) is 19.1 Å². The quantitative estimate of drug-likeness (QED) is 0.672. The van der Waals surface area contributed by atoms with Crippen molar-refractivity contribution in [1.82, 2.24) is 15.3 Å². The molecule has 0 radical (unpaired) electrons. The molecule has 2 aromatic rings. The van der Waals surface area contributed by atoms with Crippen LogP contribution in [0.3, 0.4) is 0 Å². The molecule has 0 bridgehead atoms. The lowest BCUT2D eigenvalue weighted by molar-refractivity contribution is 0.0698. The summed E-state index contributed by atoms with van der Waals surface area (Å²) in [5.74, 6) is -0.304. The number of nitrogens with one attached hydrogen (secondary N) is 3. The number of nitrogens with zero attached hydrogens (tertiary/aromatic N) is 1. The molecule has 0 aliphatic rings. The molecule has 0 aliphatic carbocycles. The van der Waals surface area contributed by atoms with Gasteiger partial charge in [-0.2, -0.15) is 0 Å². The van der Waals surface area contributed by atoms with Crippen molar-refractivity contribution in [3.63, 3.8) is 0 Å². The van der Waals surface area contributed by atoms with E-state index in [9.17, 15) is 9.59 Å². The lowest BCUT2D eigenvalue weighted by atomic mass is 10.1. The Hall–Kier alpha value is -2.83. The summed E-state index contributed by atoms with van der Waals surface area (Å²) in [6, 6.07) is 4.38. The van der Waals surface area contributed by atoms with E-state index in [1.807, 2.05) is 0 Å². The Bertz CT molecular complexity index is 638. The second-order valence-electron chi connectivity index (χ2n) is 4.52. The fourth-order valence-electron chi connectivity index (χ4n) is 1.84. The number of hydrogen-bond donors (Lipinski definition) is 4. The van der Waals surface area contributed by atoms with Crippen molar-refractivity contribution in [2.45, 2.75) is 13.3 Å². The summed E-state index contributed by atoms with van der Waals surface area (Å²) in [5, 5.41) is 14.3. The smallest absolute Gasteiger partial charge is 0.337 e. The molecule has 1 heterocycles. The van der Waals surface area contributed by atoms with E-state index < -0.39 is 12.0 Å². The van der Waals surface area contributed by atoms with Crippen molar-refractivity contribution in [2.75, 3.05) is 11.9 Å². The van der Waals surface area contributed by atoms with Crippen LogP contribution in [0.5, 0.6) is 0 Å². The highest BCUT2D eigenvalue weighted by Gasteiger charge is 2.12. The number of carboxylic acids is 1. The van der Waals surface area contributed by atoms with Crippen molar-refractivity contribution >= 4 is 17.7 Å². The van der Waals surface area contributed by atoms with Crippen molar-refractivity contribution in [2.24, 2.45) is 0 Å². The van der Waals surface area contributed by atoms with E-state index in [2.05, 4.69) is 20.6 Å². The van der Waals surface area contributed by atoms with Crippen molar-refractivity contribution < 1.29 is 14.7 Å². The largest absolute Gasteiger partial charge is 0.478 e. The Morgan fingerprint density at radius 3 is 2.86 bits per heavy atom. The molecule has 0 spiro atoms. The molecule has 0 saturated carbocycles. The van der Waals surface area contributed by atoms with Gasteiger partial charge in [-0.1, -0.05) is 11.6 Å². The van der Waals surface area contributed by atoms with Gasteiger partial charge in [-0.15, -0.1) is 0 Å². The monoisotopic (exact) mass is 288 g/mol. The van der Waals surface area contributed by atoms with Crippen LogP contribution in [0.15, 0.2) is 30.6 Å². The second-order valence-corrected chi connectivity index (χ2v) is 4.52. The van der Waals surface area contributed by atoms with Crippen LogP contribution in [0.25, 0.3) is 0 Å². The molecule has 0 aliphatic heterocycles. The molecule has 2 amide bonds. The summed E-state index contributed by atoms with van der Waals surface area (Å²) in [4.78, 5) is 29.9. The van der Waals surface area contributed by atoms with Gasteiger partial charge in [0.15, 0.2) is 0 Å². The van der Waals surface area contributed by atoms with Crippen LogP contribution in [-0.2, 0) is 6.42 Å². The Kier molecular flexibility index (Phi) is 4.55. The molecule has 21 heavy (non-hydrogen) atoms. The number of carboxylic acid groups (broad SMARTS) is 1. The van der Waals surface area contributed by atoms with E-state index in [1.54, 1.807) is 31.5 Å². The maximum absolute atomic E-state index is 11.8. The molecule has 1 aromatic carbocycles. The molecular formula is C14H16N4O3. The van der Waals surface area contributed by atoms with Gasteiger partial charge >= 0.3 is 12.0 Å². The zero-order valence-electron chi connectivity index (χ0n) is 11.5. The fraction of sp³-hybridized carbons (Fsp3) is 0.214. The van der Waals surface area contributed by atoms with E-state index in [0.717, 1.165) is 11.4 Å². The third-order valence-corrected chi connectivity index (χ3v) is 2.86. The van der Waals surface area contributed by atoms with Crippen LogP contribution in [0, 0.1) is 6.92 Å². The normalized spacial score (nSPS) is 10.1. The summed E-state index contributed by atoms with van der Waals surface area (Å²) < 4.78 is 0. The molecule has 0 unspecified atom stereocenters. The lowest BCUT2D eigenvalue weighted by Gasteiger charge is -2.10. The first-order chi connectivity index (χ1) is 10.1. The van der Waals surface area contributed by atoms with E-state index in [0.29, 0.717) is 13.0 Å². The third-order valence-electron chi connectivity index (χ3n) is 2.86. The van der Waals surface area contributed by atoms with Gasteiger partial charge in [0.25, 0.3) is 0 Å². The molecule has 110 valence electrons. The highest BCUT2D eigenvalue weighted by molar-refractivity contribution is 6.00. The van der Waals surface area contributed by atoms with Crippen LogP contribution in [0.2, 0.25) is 0 Å². The molecule has 0 fully saturated rings. The van der Waals surface area contributed by atoms with Crippen LogP contribution >= 0.6 is 0 Å². The summed E-state index contributed by atoms with van der Waals surface area (Å²) in [7, 11) is 0. The number of benzene rings is 1. The zero-order chi connectivity index (χ0) is 15.2. The number of anilines is 1. The van der Waals surface area contributed by atoms with Crippen LogP contribution in [0.4, 0.5) is 10.5 Å². The number of H-pyrrole nitrogens is 1. The van der Waals surface area contributed by atoms with E-state index in [1.165, 1.54) is 6.07 Å². The maximum atomic E-state index is 11.8. The van der Waals surface area contributed by atoms with Gasteiger partial charge in [-0.25, -0.2) is 14.6 Å². The second kappa shape index (κ2) is 6.56. The van der Waals surface area contributed by atoms with Gasteiger partial charge < -0.3 is 20.7 Å². The predicted octanol–water partition coefficient (Wildman–Crippen LogP) is 1.78. The van der Waals surface area contributed by atoms with Gasteiger partial charge in [0.2, 0.25) is 0 Å². The highest BCUT2D eigenvalue weighted by Crippen LogP contribution is 2.17. The highest BCUT2D eigenvalue weighted by atomic mass is 16.4. The topological polar surface area (TPSA) is 107 Å². The fourth-order valence-corrected chi connectivity index (χ4v) is 1.84. The molecule has 7 nitrogen and oxygen atoms in total. The minimum atomic E-state index is -1.08. The van der Waals surface area contributed by atoms with Gasteiger partial charge in [0, 0.05) is 25.4 Å². The Labute approximate surface area is 121 Å². The molecule has 0 saturated heterocycles. The minimum Gasteiger partial charge on any atom is -0.478 e. The van der Waals surface area contributed by atoms with Crippen molar-refractivity contribution in [1.29, 1.82) is 0 Å². The number of aryl methyl sites for hydroxylation is 1. The van der Waals surface area contributed by atoms with Gasteiger partial charge in [-0.3, -0.25) is 0 Å². The number of carbonyl (C=O) groups is 2. The van der Waals surface area contributed by atoms with E-state index >= 15 is 0 Å². The molecule has 1 aromatic heterocycles.